The number of hydrogen-bond acceptors (Lipinski definition) is 13. The van der Waals surface area contributed by atoms with Crippen molar-refractivity contribution in [2.75, 3.05) is 133 Å². The second-order valence-electron chi connectivity index (χ2n) is 8.25. The second-order valence-corrected chi connectivity index (χ2v) is 8.25. The Balaban J connectivity index is 0. The maximum Gasteiger partial charge on any atom is 0.0781 e. The molecule has 0 radical (unpaired) electrons. The molecule has 238 valence electrons. The minimum Gasteiger partial charge on any atom is -0.394 e. The number of rotatable bonds is 30. The molecule has 0 amide bonds. The summed E-state index contributed by atoms with van der Waals surface area (Å²) < 4.78 is 52.5. The van der Waals surface area contributed by atoms with Gasteiger partial charge < -0.3 is 62.7 Å². The summed E-state index contributed by atoms with van der Waals surface area (Å²) in [5.41, 5.74) is 0. The zero-order valence-electron chi connectivity index (χ0n) is 24.6. The topological polar surface area (TPSA) is 153 Å². The maximum atomic E-state index is 8.72. The Bertz CT molecular complexity index is 399. The van der Waals surface area contributed by atoms with E-state index in [-0.39, 0.29) is 38.1 Å². The second kappa shape index (κ2) is 35.5. The Hall–Kier alpha value is -0.520. The third-order valence-electron chi connectivity index (χ3n) is 4.59. The highest BCUT2D eigenvalue weighted by Gasteiger charge is 2.08. The van der Waals surface area contributed by atoms with Gasteiger partial charge in [-0.05, 0) is 20.8 Å². The van der Waals surface area contributed by atoms with Crippen LogP contribution in [0.3, 0.4) is 0 Å². The molecule has 13 heteroatoms. The average Bonchev–Trinajstić information content (AvgIpc) is 2.95. The number of hydrogen-bond donors (Lipinski definition) is 3. The van der Waals surface area contributed by atoms with Crippen molar-refractivity contribution in [1.82, 2.24) is 0 Å². The van der Waals surface area contributed by atoms with Crippen LogP contribution >= 0.6 is 0 Å². The molecule has 0 heterocycles. The predicted octanol–water partition coefficient (Wildman–Crippen LogP) is -0.0890. The Labute approximate surface area is 234 Å². The Morgan fingerprint density at radius 3 is 0.974 bits per heavy atom. The van der Waals surface area contributed by atoms with Gasteiger partial charge in [0, 0.05) is 7.11 Å². The van der Waals surface area contributed by atoms with Crippen molar-refractivity contribution in [2.24, 2.45) is 0 Å². The summed E-state index contributed by atoms with van der Waals surface area (Å²) in [6.07, 6.45) is 0.00946. The van der Waals surface area contributed by atoms with Gasteiger partial charge in [0.25, 0.3) is 0 Å². The average molecular weight is 577 g/mol. The number of aliphatic hydroxyl groups is 3. The quantitative estimate of drug-likeness (QED) is 0.0978. The van der Waals surface area contributed by atoms with Crippen LogP contribution in [0.25, 0.3) is 0 Å². The van der Waals surface area contributed by atoms with Gasteiger partial charge in [0.1, 0.15) is 0 Å². The predicted molar refractivity (Wildman–Crippen MR) is 144 cm³/mol. The number of methoxy groups -OCH3 is 1. The summed E-state index contributed by atoms with van der Waals surface area (Å²) in [4.78, 5) is 0. The standard InChI is InChI=1S/C16H34O9.C10H22O4/c17-1-3-19-5-7-21-9-11-23-13-15-25-16-14-24-12-10-22-8-6-20-4-2-18;1-8(5-11)13-7-10(3)14-6-9(2)12-4/h17-18H,1-16H2;8-11H,5-7H2,1-4H3. The van der Waals surface area contributed by atoms with Crippen LogP contribution in [0.15, 0.2) is 0 Å². The molecule has 0 aliphatic carbocycles. The van der Waals surface area contributed by atoms with Crippen LogP contribution in [0.5, 0.6) is 0 Å². The molecule has 0 spiro atoms. The first-order valence-electron chi connectivity index (χ1n) is 13.6. The van der Waals surface area contributed by atoms with Crippen LogP contribution in [-0.2, 0) is 47.4 Å². The van der Waals surface area contributed by atoms with Crippen molar-refractivity contribution in [1.29, 1.82) is 0 Å². The summed E-state index contributed by atoms with van der Waals surface area (Å²) in [5, 5.41) is 25.7. The lowest BCUT2D eigenvalue weighted by Gasteiger charge is -2.18. The van der Waals surface area contributed by atoms with E-state index in [0.29, 0.717) is 106 Å². The summed E-state index contributed by atoms with van der Waals surface area (Å²) in [5.74, 6) is 0. The fourth-order valence-electron chi connectivity index (χ4n) is 2.32. The van der Waals surface area contributed by atoms with Gasteiger partial charge >= 0.3 is 0 Å². The van der Waals surface area contributed by atoms with E-state index in [1.807, 2.05) is 20.8 Å². The molecule has 0 rings (SSSR count). The van der Waals surface area contributed by atoms with Crippen LogP contribution in [0.2, 0.25) is 0 Å². The summed E-state index contributed by atoms with van der Waals surface area (Å²) in [7, 11) is 1.66. The SMILES string of the molecule is COC(C)COC(C)COC(C)CO.OCCOCCOCCOCCOCCOCCOCCOCCO. The summed E-state index contributed by atoms with van der Waals surface area (Å²) in [6.45, 7) is 13.6. The lowest BCUT2D eigenvalue weighted by Crippen LogP contribution is -2.25. The van der Waals surface area contributed by atoms with Crippen LogP contribution < -0.4 is 0 Å². The molecule has 0 aliphatic rings. The lowest BCUT2D eigenvalue weighted by atomic mass is 10.4. The van der Waals surface area contributed by atoms with Gasteiger partial charge in [0.15, 0.2) is 0 Å². The van der Waals surface area contributed by atoms with Crippen LogP contribution in [-0.4, -0.2) is 166 Å². The molecule has 0 bridgehead atoms. The van der Waals surface area contributed by atoms with E-state index < -0.39 is 0 Å². The zero-order chi connectivity index (χ0) is 29.2. The van der Waals surface area contributed by atoms with E-state index in [1.165, 1.54) is 0 Å². The normalized spacial score (nSPS) is 13.6. The van der Waals surface area contributed by atoms with Gasteiger partial charge in [-0.2, -0.15) is 0 Å². The zero-order valence-corrected chi connectivity index (χ0v) is 24.6. The largest absolute Gasteiger partial charge is 0.394 e. The highest BCUT2D eigenvalue weighted by atomic mass is 16.6. The third kappa shape index (κ3) is 37.5. The van der Waals surface area contributed by atoms with Crippen LogP contribution in [0, 0.1) is 0 Å². The van der Waals surface area contributed by atoms with Gasteiger partial charge in [-0.1, -0.05) is 0 Å². The summed E-state index contributed by atoms with van der Waals surface area (Å²) in [6, 6.07) is 0. The van der Waals surface area contributed by atoms with Crippen molar-refractivity contribution in [3.8, 4) is 0 Å². The van der Waals surface area contributed by atoms with Crippen LogP contribution in [0.1, 0.15) is 20.8 Å². The van der Waals surface area contributed by atoms with Crippen molar-refractivity contribution >= 4 is 0 Å². The lowest BCUT2D eigenvalue weighted by molar-refractivity contribution is -0.0677. The maximum absolute atomic E-state index is 8.72. The Morgan fingerprint density at radius 2 is 0.692 bits per heavy atom. The molecule has 0 saturated carbocycles. The molecule has 3 atom stereocenters. The fourth-order valence-corrected chi connectivity index (χ4v) is 2.32. The number of aliphatic hydroxyl groups excluding tert-OH is 3. The molecule has 0 aromatic carbocycles. The van der Waals surface area contributed by atoms with Crippen molar-refractivity contribution in [3.05, 3.63) is 0 Å². The molecule has 0 aromatic heterocycles. The van der Waals surface area contributed by atoms with Crippen molar-refractivity contribution in [3.63, 3.8) is 0 Å². The van der Waals surface area contributed by atoms with Crippen molar-refractivity contribution in [2.45, 2.75) is 39.1 Å². The first kappa shape index (κ1) is 40.6. The summed E-state index contributed by atoms with van der Waals surface area (Å²) >= 11 is 0. The first-order chi connectivity index (χ1) is 19.0. The van der Waals surface area contributed by atoms with Gasteiger partial charge in [0.2, 0.25) is 0 Å². The molecule has 39 heavy (non-hydrogen) atoms. The van der Waals surface area contributed by atoms with E-state index in [9.17, 15) is 0 Å². The molecule has 0 aromatic rings. The van der Waals surface area contributed by atoms with Crippen molar-refractivity contribution < 1.29 is 62.7 Å². The van der Waals surface area contributed by atoms with Gasteiger partial charge in [0.05, 0.1) is 144 Å². The third-order valence-corrected chi connectivity index (χ3v) is 4.59. The smallest absolute Gasteiger partial charge is 0.0781 e. The van der Waals surface area contributed by atoms with Gasteiger partial charge in [-0.15, -0.1) is 0 Å². The van der Waals surface area contributed by atoms with Gasteiger partial charge in [-0.25, -0.2) is 0 Å². The molecule has 0 fully saturated rings. The molecule has 13 nitrogen and oxygen atoms in total. The highest BCUT2D eigenvalue weighted by Crippen LogP contribution is 1.98. The molecule has 0 aliphatic heterocycles. The minimum absolute atomic E-state index is 0.0293. The van der Waals surface area contributed by atoms with E-state index in [4.69, 9.17) is 62.7 Å². The Kier molecular flexibility index (Phi) is 37.0. The Morgan fingerprint density at radius 1 is 0.410 bits per heavy atom. The van der Waals surface area contributed by atoms with E-state index >= 15 is 0 Å². The van der Waals surface area contributed by atoms with Gasteiger partial charge in [-0.3, -0.25) is 0 Å². The molecule has 0 saturated heterocycles. The first-order valence-corrected chi connectivity index (χ1v) is 13.6. The number of ether oxygens (including phenoxy) is 10. The monoisotopic (exact) mass is 576 g/mol. The van der Waals surface area contributed by atoms with Crippen LogP contribution in [0.4, 0.5) is 0 Å². The minimum atomic E-state index is -0.124. The molecular weight excluding hydrogens is 520 g/mol. The van der Waals surface area contributed by atoms with E-state index in [2.05, 4.69) is 0 Å². The highest BCUT2D eigenvalue weighted by molar-refractivity contribution is 4.53. The fraction of sp³-hybridized carbons (Fsp3) is 1.00. The molecule has 3 unspecified atom stereocenters. The molecule has 3 N–H and O–H groups in total. The van der Waals surface area contributed by atoms with E-state index in [1.54, 1.807) is 7.11 Å². The van der Waals surface area contributed by atoms with E-state index in [0.717, 1.165) is 0 Å². The molecular formula is C26H56O13.